The number of nitro groups is 1. The van der Waals surface area contributed by atoms with Crippen molar-refractivity contribution < 1.29 is 18.8 Å². The minimum atomic E-state index is -0.998. The molecule has 2 aromatic carbocycles. The summed E-state index contributed by atoms with van der Waals surface area (Å²) >= 11 is 0. The number of aromatic nitrogens is 3. The van der Waals surface area contributed by atoms with E-state index in [-0.39, 0.29) is 24.0 Å². The highest BCUT2D eigenvalue weighted by Crippen LogP contribution is 2.37. The van der Waals surface area contributed by atoms with Gasteiger partial charge >= 0.3 is 5.69 Å². The molecular weight excluding hydrogens is 465 g/mol. The van der Waals surface area contributed by atoms with Crippen molar-refractivity contribution in [1.82, 2.24) is 14.5 Å². The number of nitro benzene ring substituents is 1. The van der Waals surface area contributed by atoms with E-state index in [4.69, 9.17) is 14.5 Å². The van der Waals surface area contributed by atoms with Gasteiger partial charge in [-0.2, -0.15) is 4.39 Å². The van der Waals surface area contributed by atoms with Gasteiger partial charge in [0.1, 0.15) is 12.4 Å². The number of nitrogens with zero attached hydrogens (tertiary/aromatic N) is 4. The maximum atomic E-state index is 14.1. The molecule has 182 valence electrons. The van der Waals surface area contributed by atoms with Gasteiger partial charge in [-0.25, -0.2) is 9.97 Å². The van der Waals surface area contributed by atoms with Crippen molar-refractivity contribution in [3.63, 3.8) is 0 Å². The van der Waals surface area contributed by atoms with Crippen LogP contribution >= 0.6 is 0 Å². The molecule has 0 aliphatic carbocycles. The van der Waals surface area contributed by atoms with E-state index < -0.39 is 16.4 Å². The summed E-state index contributed by atoms with van der Waals surface area (Å²) in [6, 6.07) is 8.25. The lowest BCUT2D eigenvalue weighted by molar-refractivity contribution is -0.387. The third-order valence-electron chi connectivity index (χ3n) is 6.02. The van der Waals surface area contributed by atoms with Gasteiger partial charge < -0.3 is 19.4 Å². The first kappa shape index (κ1) is 23.3. The van der Waals surface area contributed by atoms with E-state index in [1.807, 2.05) is 6.07 Å². The van der Waals surface area contributed by atoms with Gasteiger partial charge in [0, 0.05) is 49.1 Å². The number of halogens is 1. The van der Waals surface area contributed by atoms with Crippen molar-refractivity contribution in [2.45, 2.75) is 19.4 Å². The molecule has 5 rings (SSSR count). The second-order valence-electron chi connectivity index (χ2n) is 8.23. The monoisotopic (exact) mass is 487 g/mol. The Balaban J connectivity index is 1.65. The average molecular weight is 487 g/mol. The van der Waals surface area contributed by atoms with Crippen LogP contribution in [0.1, 0.15) is 17.5 Å². The molecule has 0 atom stereocenters. The van der Waals surface area contributed by atoms with Gasteiger partial charge in [-0.1, -0.05) is 30.0 Å². The molecule has 36 heavy (non-hydrogen) atoms. The molecule has 0 amide bonds. The summed E-state index contributed by atoms with van der Waals surface area (Å²) in [6.07, 6.45) is 5.73. The van der Waals surface area contributed by atoms with Crippen LogP contribution in [0.2, 0.25) is 0 Å². The average Bonchev–Trinajstić information content (AvgIpc) is 3.26. The Morgan fingerprint density at radius 3 is 2.94 bits per heavy atom. The summed E-state index contributed by atoms with van der Waals surface area (Å²) in [5, 5.41) is 15.3. The van der Waals surface area contributed by atoms with Gasteiger partial charge in [0.2, 0.25) is 11.8 Å². The first-order valence-corrected chi connectivity index (χ1v) is 11.2. The number of nitrogens with one attached hydrogen (secondary N) is 1. The smallest absolute Gasteiger partial charge is 0.307 e. The number of aryl methyl sites for hydroxylation is 2. The van der Waals surface area contributed by atoms with Crippen LogP contribution in [0.4, 0.5) is 21.7 Å². The topological polar surface area (TPSA) is 104 Å². The van der Waals surface area contributed by atoms with Crippen LogP contribution in [0.5, 0.6) is 5.75 Å². The normalized spacial score (nSPS) is 12.2. The highest BCUT2D eigenvalue weighted by atomic mass is 19.1. The van der Waals surface area contributed by atoms with Crippen LogP contribution in [0.15, 0.2) is 42.7 Å². The van der Waals surface area contributed by atoms with Crippen LogP contribution in [-0.4, -0.2) is 40.3 Å². The predicted molar refractivity (Wildman–Crippen MR) is 133 cm³/mol. The van der Waals surface area contributed by atoms with Gasteiger partial charge in [-0.3, -0.25) is 10.1 Å². The lowest BCUT2D eigenvalue weighted by Gasteiger charge is -2.14. The van der Waals surface area contributed by atoms with E-state index in [0.717, 1.165) is 42.5 Å². The molecule has 9 nitrogen and oxygen atoms in total. The number of ether oxygens (including phenoxy) is 2. The largest absolute Gasteiger partial charge is 0.494 e. The Kier molecular flexibility index (Phi) is 6.23. The van der Waals surface area contributed by atoms with Crippen molar-refractivity contribution in [2.75, 3.05) is 26.1 Å². The van der Waals surface area contributed by atoms with E-state index in [9.17, 15) is 14.5 Å². The molecule has 0 saturated carbocycles. The maximum Gasteiger partial charge on any atom is 0.307 e. The van der Waals surface area contributed by atoms with Crippen LogP contribution in [0.3, 0.4) is 0 Å². The van der Waals surface area contributed by atoms with E-state index in [0.29, 0.717) is 11.3 Å². The lowest BCUT2D eigenvalue weighted by Crippen LogP contribution is -2.05. The third kappa shape index (κ3) is 4.21. The number of benzene rings is 2. The summed E-state index contributed by atoms with van der Waals surface area (Å²) in [4.78, 5) is 19.6. The molecule has 0 fully saturated rings. The van der Waals surface area contributed by atoms with E-state index >= 15 is 0 Å². The van der Waals surface area contributed by atoms with Crippen molar-refractivity contribution >= 4 is 28.2 Å². The fourth-order valence-corrected chi connectivity index (χ4v) is 4.46. The fourth-order valence-electron chi connectivity index (χ4n) is 4.46. The summed E-state index contributed by atoms with van der Waals surface area (Å²) in [7, 11) is 2.92. The van der Waals surface area contributed by atoms with Crippen molar-refractivity contribution in [3.8, 4) is 28.8 Å². The number of hydrogen-bond acceptors (Lipinski definition) is 7. The molecular formula is C26H22FN5O4. The van der Waals surface area contributed by atoms with Crippen molar-refractivity contribution in [1.29, 1.82) is 0 Å². The van der Waals surface area contributed by atoms with Gasteiger partial charge in [-0.05, 0) is 18.4 Å². The molecule has 0 saturated heterocycles. The van der Waals surface area contributed by atoms with Gasteiger partial charge in [0.15, 0.2) is 0 Å². The maximum absolute atomic E-state index is 14.1. The van der Waals surface area contributed by atoms with Crippen molar-refractivity contribution in [3.05, 3.63) is 69.8 Å². The summed E-state index contributed by atoms with van der Waals surface area (Å²) < 4.78 is 26.6. The van der Waals surface area contributed by atoms with Crippen LogP contribution in [0.25, 0.3) is 22.2 Å². The summed E-state index contributed by atoms with van der Waals surface area (Å²) in [5.74, 6) is 5.28. The third-order valence-corrected chi connectivity index (χ3v) is 6.02. The Hall–Kier alpha value is -4.49. The molecule has 0 spiro atoms. The van der Waals surface area contributed by atoms with Gasteiger partial charge in [0.25, 0.3) is 0 Å². The molecule has 3 heterocycles. The standard InChI is InChI=1S/C26H22FN5O4/c1-35-11-5-8-17-14-28-26(29-21-13-22(32(33)34)20(27)12-23(21)36-2)30-24(17)19-15-31-10-4-7-16-6-3-9-18(19)25(16)31/h3,6,9,12-15H,4,7,10-11H2,1-2H3,(H,28,29,30). The number of hydrogen-bond donors (Lipinski definition) is 1. The molecule has 0 radical (unpaired) electrons. The van der Waals surface area contributed by atoms with Crippen LogP contribution in [0, 0.1) is 27.8 Å². The number of rotatable bonds is 6. The zero-order valence-corrected chi connectivity index (χ0v) is 19.7. The second kappa shape index (κ2) is 9.64. The van der Waals surface area contributed by atoms with E-state index in [1.165, 1.54) is 18.2 Å². The second-order valence-corrected chi connectivity index (χ2v) is 8.23. The predicted octanol–water partition coefficient (Wildman–Crippen LogP) is 4.84. The molecule has 1 N–H and O–H groups in total. The summed E-state index contributed by atoms with van der Waals surface area (Å²) in [5.41, 5.74) is 4.06. The number of para-hydroxylation sites is 1. The number of anilines is 2. The SMILES string of the molecule is COCC#Cc1cnc(Nc2cc([N+](=O)[O-])c(F)cc2OC)nc1-c1cn2c3c(cccc13)CCC2. The molecule has 10 heteroatoms. The molecule has 2 aromatic heterocycles. The highest BCUT2D eigenvalue weighted by Gasteiger charge is 2.22. The van der Waals surface area contributed by atoms with Crippen LogP contribution < -0.4 is 10.1 Å². The molecule has 0 unspecified atom stereocenters. The minimum absolute atomic E-state index is 0.0827. The van der Waals surface area contributed by atoms with E-state index in [2.05, 4.69) is 45.0 Å². The van der Waals surface area contributed by atoms with Gasteiger partial charge in [0.05, 0.1) is 34.5 Å². The minimum Gasteiger partial charge on any atom is -0.494 e. The molecule has 0 bridgehead atoms. The quantitative estimate of drug-likeness (QED) is 0.236. The Labute approximate surface area is 206 Å². The lowest BCUT2D eigenvalue weighted by atomic mass is 10.0. The zero-order chi connectivity index (χ0) is 25.2. The van der Waals surface area contributed by atoms with E-state index in [1.54, 1.807) is 13.3 Å². The highest BCUT2D eigenvalue weighted by molar-refractivity contribution is 5.98. The van der Waals surface area contributed by atoms with Gasteiger partial charge in [-0.15, -0.1) is 0 Å². The fraction of sp³-hybridized carbons (Fsp3) is 0.231. The van der Waals surface area contributed by atoms with Crippen molar-refractivity contribution in [2.24, 2.45) is 0 Å². The first-order valence-electron chi connectivity index (χ1n) is 11.2. The Morgan fingerprint density at radius 2 is 2.17 bits per heavy atom. The zero-order valence-electron chi connectivity index (χ0n) is 19.7. The molecule has 1 aliphatic heterocycles. The number of methoxy groups -OCH3 is 2. The Morgan fingerprint density at radius 1 is 1.31 bits per heavy atom. The molecule has 1 aliphatic rings. The van der Waals surface area contributed by atoms with Crippen LogP contribution in [-0.2, 0) is 17.7 Å². The first-order chi connectivity index (χ1) is 17.5. The molecule has 4 aromatic rings. The Bertz CT molecular complexity index is 1550. The summed E-state index contributed by atoms with van der Waals surface area (Å²) in [6.45, 7) is 1.16.